The van der Waals surface area contributed by atoms with E-state index in [9.17, 15) is 13.2 Å². The molecule has 0 bridgehead atoms. The molecule has 0 spiro atoms. The van der Waals surface area contributed by atoms with E-state index in [1.54, 1.807) is 0 Å². The van der Waals surface area contributed by atoms with Crippen molar-refractivity contribution >= 4 is 27.3 Å². The molecule has 8 heteroatoms. The SMILES string of the molecule is O=C(O)c1sccc1S(=O)(=O)NC1CCNCC1. The summed E-state index contributed by atoms with van der Waals surface area (Å²) in [6.45, 7) is 1.53. The van der Waals surface area contributed by atoms with E-state index in [4.69, 9.17) is 5.11 Å². The summed E-state index contributed by atoms with van der Waals surface area (Å²) in [5, 5.41) is 13.5. The molecule has 6 nitrogen and oxygen atoms in total. The predicted octanol–water partition coefficient (Wildman–Crippen LogP) is 0.477. The first-order valence-corrected chi connectivity index (χ1v) is 7.91. The number of piperidine rings is 1. The molecule has 0 amide bonds. The fraction of sp³-hybridized carbons (Fsp3) is 0.500. The van der Waals surface area contributed by atoms with E-state index in [1.807, 2.05) is 0 Å². The van der Waals surface area contributed by atoms with Crippen molar-refractivity contribution in [2.75, 3.05) is 13.1 Å². The van der Waals surface area contributed by atoms with Gasteiger partial charge in [-0.1, -0.05) is 0 Å². The first kappa shape index (κ1) is 13.5. The number of sulfonamides is 1. The Labute approximate surface area is 109 Å². The van der Waals surface area contributed by atoms with Gasteiger partial charge in [-0.05, 0) is 37.4 Å². The van der Waals surface area contributed by atoms with Gasteiger partial charge in [-0.25, -0.2) is 17.9 Å². The third-order valence-electron chi connectivity index (χ3n) is 2.77. The lowest BCUT2D eigenvalue weighted by atomic mass is 10.1. The smallest absolute Gasteiger partial charge is 0.347 e. The van der Waals surface area contributed by atoms with E-state index >= 15 is 0 Å². The maximum atomic E-state index is 12.1. The third-order valence-corrected chi connectivity index (χ3v) is 5.37. The summed E-state index contributed by atoms with van der Waals surface area (Å²) in [5.74, 6) is -1.21. The highest BCUT2D eigenvalue weighted by Crippen LogP contribution is 2.22. The second-order valence-electron chi connectivity index (χ2n) is 4.06. The van der Waals surface area contributed by atoms with Gasteiger partial charge in [-0.3, -0.25) is 0 Å². The Balaban J connectivity index is 2.19. The Morgan fingerprint density at radius 3 is 2.72 bits per heavy atom. The number of nitrogens with one attached hydrogen (secondary N) is 2. The van der Waals surface area contributed by atoms with Crippen LogP contribution in [0.25, 0.3) is 0 Å². The lowest BCUT2D eigenvalue weighted by molar-refractivity contribution is 0.0698. The van der Waals surface area contributed by atoms with Gasteiger partial charge < -0.3 is 10.4 Å². The van der Waals surface area contributed by atoms with Crippen LogP contribution in [0.5, 0.6) is 0 Å². The monoisotopic (exact) mass is 290 g/mol. The number of rotatable bonds is 4. The topological polar surface area (TPSA) is 95.5 Å². The minimum absolute atomic E-state index is 0.127. The zero-order chi connectivity index (χ0) is 13.2. The van der Waals surface area contributed by atoms with Crippen molar-refractivity contribution in [3.63, 3.8) is 0 Å². The van der Waals surface area contributed by atoms with Crippen LogP contribution in [0.15, 0.2) is 16.3 Å². The van der Waals surface area contributed by atoms with Crippen molar-refractivity contribution in [3.05, 3.63) is 16.3 Å². The summed E-state index contributed by atoms with van der Waals surface area (Å²) >= 11 is 0.915. The number of carboxylic acids is 1. The summed E-state index contributed by atoms with van der Waals surface area (Å²) in [5.41, 5.74) is 0. The summed E-state index contributed by atoms with van der Waals surface area (Å²) in [4.78, 5) is 10.6. The molecular weight excluding hydrogens is 276 g/mol. The van der Waals surface area contributed by atoms with E-state index in [0.717, 1.165) is 24.4 Å². The minimum Gasteiger partial charge on any atom is -0.477 e. The average Bonchev–Trinajstić information content (AvgIpc) is 2.79. The molecule has 0 radical (unpaired) electrons. The molecule has 1 fully saturated rings. The summed E-state index contributed by atoms with van der Waals surface area (Å²) in [6, 6.07) is 1.20. The van der Waals surface area contributed by atoms with E-state index in [2.05, 4.69) is 10.0 Å². The fourth-order valence-electron chi connectivity index (χ4n) is 1.89. The number of carbonyl (C=O) groups is 1. The Hall–Kier alpha value is -0.960. The second-order valence-corrected chi connectivity index (χ2v) is 6.66. The van der Waals surface area contributed by atoms with Crippen molar-refractivity contribution < 1.29 is 18.3 Å². The molecule has 0 aliphatic carbocycles. The van der Waals surface area contributed by atoms with Gasteiger partial charge in [0.2, 0.25) is 10.0 Å². The molecule has 1 aliphatic rings. The van der Waals surface area contributed by atoms with E-state index < -0.39 is 16.0 Å². The first-order valence-electron chi connectivity index (χ1n) is 5.54. The van der Waals surface area contributed by atoms with Crippen LogP contribution < -0.4 is 10.0 Å². The van der Waals surface area contributed by atoms with Crippen molar-refractivity contribution in [2.24, 2.45) is 0 Å². The Morgan fingerprint density at radius 1 is 1.44 bits per heavy atom. The highest BCUT2D eigenvalue weighted by atomic mass is 32.2. The molecule has 1 aromatic heterocycles. The number of aromatic carboxylic acids is 1. The average molecular weight is 290 g/mol. The number of carboxylic acid groups (broad SMARTS) is 1. The zero-order valence-corrected chi connectivity index (χ0v) is 11.2. The van der Waals surface area contributed by atoms with Crippen LogP contribution in [0.4, 0.5) is 0 Å². The fourth-order valence-corrected chi connectivity index (χ4v) is 4.45. The minimum atomic E-state index is -3.74. The Bertz CT molecular complexity index is 532. The molecule has 1 aromatic rings. The molecule has 3 N–H and O–H groups in total. The lowest BCUT2D eigenvalue weighted by Gasteiger charge is -2.23. The maximum absolute atomic E-state index is 12.1. The van der Waals surface area contributed by atoms with Gasteiger partial charge in [0.15, 0.2) is 0 Å². The van der Waals surface area contributed by atoms with Gasteiger partial charge in [0.05, 0.1) is 0 Å². The molecule has 0 atom stereocenters. The van der Waals surface area contributed by atoms with E-state index in [-0.39, 0.29) is 15.8 Å². The van der Waals surface area contributed by atoms with Gasteiger partial charge >= 0.3 is 5.97 Å². The molecule has 1 saturated heterocycles. The molecule has 18 heavy (non-hydrogen) atoms. The van der Waals surface area contributed by atoms with Crippen LogP contribution >= 0.6 is 11.3 Å². The van der Waals surface area contributed by atoms with Crippen molar-refractivity contribution in [2.45, 2.75) is 23.8 Å². The summed E-state index contributed by atoms with van der Waals surface area (Å²) < 4.78 is 26.8. The predicted molar refractivity (Wildman–Crippen MR) is 67.5 cm³/mol. The van der Waals surface area contributed by atoms with Gasteiger partial charge in [-0.15, -0.1) is 11.3 Å². The highest BCUT2D eigenvalue weighted by molar-refractivity contribution is 7.89. The molecule has 1 aliphatic heterocycles. The van der Waals surface area contributed by atoms with Gasteiger partial charge in [-0.2, -0.15) is 0 Å². The standard InChI is InChI=1S/C10H14N2O4S2/c13-10(14)9-8(3-6-17-9)18(15,16)12-7-1-4-11-5-2-7/h3,6-7,11-12H,1-2,4-5H2,(H,13,14). The van der Waals surface area contributed by atoms with Crippen LogP contribution in [0.1, 0.15) is 22.5 Å². The van der Waals surface area contributed by atoms with E-state index in [1.165, 1.54) is 11.4 Å². The van der Waals surface area contributed by atoms with Crippen LogP contribution in [0.3, 0.4) is 0 Å². The van der Waals surface area contributed by atoms with Crippen LogP contribution in [0.2, 0.25) is 0 Å². The highest BCUT2D eigenvalue weighted by Gasteiger charge is 2.27. The lowest BCUT2D eigenvalue weighted by Crippen LogP contribution is -2.42. The third kappa shape index (κ3) is 2.89. The van der Waals surface area contributed by atoms with Crippen molar-refractivity contribution in [3.8, 4) is 0 Å². The van der Waals surface area contributed by atoms with Crippen LogP contribution in [-0.2, 0) is 10.0 Å². The van der Waals surface area contributed by atoms with Gasteiger partial charge in [0.1, 0.15) is 9.77 Å². The van der Waals surface area contributed by atoms with Crippen LogP contribution in [0, 0.1) is 0 Å². The Morgan fingerprint density at radius 2 is 2.11 bits per heavy atom. The molecule has 0 aromatic carbocycles. The number of thiophene rings is 1. The zero-order valence-electron chi connectivity index (χ0n) is 9.55. The number of hydrogen-bond donors (Lipinski definition) is 3. The largest absolute Gasteiger partial charge is 0.477 e. The van der Waals surface area contributed by atoms with Gasteiger partial charge in [0, 0.05) is 6.04 Å². The molecule has 100 valence electrons. The Kier molecular flexibility index (Phi) is 4.00. The summed E-state index contributed by atoms with van der Waals surface area (Å²) in [6.07, 6.45) is 1.43. The normalized spacial score (nSPS) is 17.8. The van der Waals surface area contributed by atoms with Crippen molar-refractivity contribution in [1.29, 1.82) is 0 Å². The number of hydrogen-bond acceptors (Lipinski definition) is 5. The second kappa shape index (κ2) is 5.35. The quantitative estimate of drug-likeness (QED) is 0.749. The van der Waals surface area contributed by atoms with Gasteiger partial charge in [0.25, 0.3) is 0 Å². The summed E-state index contributed by atoms with van der Waals surface area (Å²) in [7, 11) is -3.74. The molecular formula is C10H14N2O4S2. The van der Waals surface area contributed by atoms with Crippen molar-refractivity contribution in [1.82, 2.24) is 10.0 Å². The molecule has 2 heterocycles. The van der Waals surface area contributed by atoms with E-state index in [0.29, 0.717) is 12.8 Å². The molecule has 2 rings (SSSR count). The molecule has 0 saturated carbocycles. The molecule has 0 unspecified atom stereocenters. The van der Waals surface area contributed by atoms with Crippen LogP contribution in [-0.4, -0.2) is 38.6 Å². The maximum Gasteiger partial charge on any atom is 0.347 e. The first-order chi connectivity index (χ1) is 8.50.